The first kappa shape index (κ1) is 32.6. The van der Waals surface area contributed by atoms with E-state index in [1.54, 1.807) is 0 Å². The summed E-state index contributed by atoms with van der Waals surface area (Å²) in [6.07, 6.45) is -1.42. The van der Waals surface area contributed by atoms with Crippen molar-refractivity contribution < 1.29 is 68.1 Å². The number of carbonyl (C=O) groups excluding carboxylic acids is 5. The Morgan fingerprint density at radius 3 is 2.27 bits per heavy atom. The van der Waals surface area contributed by atoms with E-state index in [1.165, 1.54) is 38.1 Å². The van der Waals surface area contributed by atoms with Crippen LogP contribution in [0.1, 0.15) is 54.6 Å². The maximum Gasteiger partial charge on any atom is 0.359 e. The third-order valence-corrected chi connectivity index (χ3v) is 9.38. The molecule has 2 aliphatic heterocycles. The Morgan fingerprint density at radius 1 is 0.958 bits per heavy atom. The second-order valence-corrected chi connectivity index (χ2v) is 12.2. The number of ether oxygens (including phenoxy) is 5. The lowest BCUT2D eigenvalue weighted by molar-refractivity contribution is -0.176. The van der Waals surface area contributed by atoms with Gasteiger partial charge in [0.1, 0.15) is 46.0 Å². The minimum Gasteiger partial charge on any atom is -0.507 e. The van der Waals surface area contributed by atoms with Crippen molar-refractivity contribution in [2.75, 3.05) is 14.2 Å². The highest BCUT2D eigenvalue weighted by Crippen LogP contribution is 2.56. The monoisotopic (exact) mass is 664 g/mol. The van der Waals surface area contributed by atoms with E-state index in [-0.39, 0.29) is 58.6 Å². The molecule has 0 radical (unpaired) electrons. The van der Waals surface area contributed by atoms with E-state index in [0.29, 0.717) is 0 Å². The van der Waals surface area contributed by atoms with Crippen LogP contribution in [0.3, 0.4) is 0 Å². The van der Waals surface area contributed by atoms with Gasteiger partial charge in [-0.1, -0.05) is 13.0 Å². The van der Waals surface area contributed by atoms with Gasteiger partial charge in [0, 0.05) is 24.5 Å². The smallest absolute Gasteiger partial charge is 0.359 e. The predicted molar refractivity (Wildman–Crippen MR) is 162 cm³/mol. The van der Waals surface area contributed by atoms with Crippen molar-refractivity contribution in [3.63, 3.8) is 0 Å². The Hall–Kier alpha value is -5.37. The molecule has 1 saturated carbocycles. The van der Waals surface area contributed by atoms with Crippen molar-refractivity contribution in [2.45, 2.75) is 63.4 Å². The number of methoxy groups -OCH3 is 2. The molecule has 2 heterocycles. The minimum atomic E-state index is -2.43. The lowest BCUT2D eigenvalue weighted by Crippen LogP contribution is -2.64. The van der Waals surface area contributed by atoms with Gasteiger partial charge in [-0.15, -0.1) is 0 Å². The number of esters is 3. The van der Waals surface area contributed by atoms with Crippen molar-refractivity contribution in [3.05, 3.63) is 52.1 Å². The molecule has 252 valence electrons. The van der Waals surface area contributed by atoms with Crippen LogP contribution < -0.4 is 9.47 Å². The third-order valence-electron chi connectivity index (χ3n) is 9.38. The van der Waals surface area contributed by atoms with Gasteiger partial charge in [0.05, 0.1) is 25.4 Å². The van der Waals surface area contributed by atoms with Crippen molar-refractivity contribution in [1.82, 2.24) is 0 Å². The summed E-state index contributed by atoms with van der Waals surface area (Å²) >= 11 is 0. The van der Waals surface area contributed by atoms with Crippen molar-refractivity contribution in [2.24, 2.45) is 5.92 Å². The number of hydrogen-bond donors (Lipinski definition) is 4. The van der Waals surface area contributed by atoms with E-state index in [2.05, 4.69) is 0 Å². The molecule has 1 fully saturated rings. The number of allylic oxidation sites excluding steroid dienone is 1. The first-order valence-electron chi connectivity index (χ1n) is 15.0. The topological polar surface area (TPSA) is 212 Å². The molecule has 14 nitrogen and oxygen atoms in total. The van der Waals surface area contributed by atoms with Crippen LogP contribution in [0, 0.1) is 12.8 Å². The van der Waals surface area contributed by atoms with E-state index >= 15 is 0 Å². The molecule has 0 aromatic heterocycles. The van der Waals surface area contributed by atoms with Gasteiger partial charge in [0.15, 0.2) is 11.9 Å². The van der Waals surface area contributed by atoms with Gasteiger partial charge in [-0.05, 0) is 49.4 Å². The summed E-state index contributed by atoms with van der Waals surface area (Å²) in [6.45, 7) is 4.17. The number of aliphatic hydroxyl groups excluding tert-OH is 2. The molecule has 14 heteroatoms. The lowest BCUT2D eigenvalue weighted by Gasteiger charge is -2.45. The third kappa shape index (κ3) is 4.17. The summed E-state index contributed by atoms with van der Waals surface area (Å²) in [6, 6.07) is 3.80. The number of phenols is 2. The number of carbonyl (C=O) groups is 5. The van der Waals surface area contributed by atoms with Crippen molar-refractivity contribution >= 4 is 35.2 Å². The first-order chi connectivity index (χ1) is 22.7. The van der Waals surface area contributed by atoms with E-state index in [9.17, 15) is 44.4 Å². The Morgan fingerprint density at radius 2 is 1.62 bits per heavy atom. The fraction of sp³-hybridized carbons (Fsp3) is 0.382. The number of rotatable bonds is 4. The molecule has 5 atom stereocenters. The number of fused-ring (bicyclic) bond motifs is 4. The SMILES string of the molecule is COC(=O)C12Oc3c(c(O)cc(C)c3-c3ccc4c(c3O)C(O)=C3C(=O)CC(C)C(O)C3(C(=O)OC)O4)C(=O)C1=CCCC2OC(C)=O. The van der Waals surface area contributed by atoms with Crippen LogP contribution in [0.4, 0.5) is 0 Å². The zero-order valence-electron chi connectivity index (χ0n) is 26.5. The number of Topliss-reactive ketones (excluding diaryl/α,β-unsaturated/α-hetero) is 2. The molecule has 2 aliphatic carbocycles. The molecule has 2 aromatic carbocycles. The highest BCUT2D eigenvalue weighted by Gasteiger charge is 2.64. The van der Waals surface area contributed by atoms with Gasteiger partial charge in [0.2, 0.25) is 5.78 Å². The highest BCUT2D eigenvalue weighted by atomic mass is 16.6. The molecule has 6 rings (SSSR count). The highest BCUT2D eigenvalue weighted by molar-refractivity contribution is 6.20. The van der Waals surface area contributed by atoms with Crippen LogP contribution in [-0.4, -0.2) is 87.5 Å². The van der Waals surface area contributed by atoms with Crippen LogP contribution in [0.25, 0.3) is 16.9 Å². The molecule has 0 spiro atoms. The van der Waals surface area contributed by atoms with Crippen molar-refractivity contribution in [1.29, 1.82) is 0 Å². The molecule has 0 saturated heterocycles. The van der Waals surface area contributed by atoms with Crippen LogP contribution in [0.15, 0.2) is 35.4 Å². The lowest BCUT2D eigenvalue weighted by atomic mass is 9.69. The van der Waals surface area contributed by atoms with Crippen LogP contribution >= 0.6 is 0 Å². The predicted octanol–water partition coefficient (Wildman–Crippen LogP) is 2.76. The normalized spacial score (nSPS) is 27.2. The van der Waals surface area contributed by atoms with Crippen LogP contribution in [0.5, 0.6) is 23.0 Å². The van der Waals surface area contributed by atoms with Crippen LogP contribution in [0.2, 0.25) is 0 Å². The maximum atomic E-state index is 14.1. The Kier molecular flexibility index (Phi) is 7.54. The van der Waals surface area contributed by atoms with Gasteiger partial charge in [-0.3, -0.25) is 14.4 Å². The Bertz CT molecular complexity index is 1900. The fourth-order valence-corrected chi connectivity index (χ4v) is 7.27. The zero-order valence-corrected chi connectivity index (χ0v) is 26.5. The molecule has 0 amide bonds. The number of phenolic OH excluding ortho intramolecular Hbond substituents is 2. The van der Waals surface area contributed by atoms with E-state index < -0.39 is 87.2 Å². The average Bonchev–Trinajstić information content (AvgIpc) is 3.03. The first-order valence-corrected chi connectivity index (χ1v) is 15.0. The summed E-state index contributed by atoms with van der Waals surface area (Å²) in [5.74, 6) is -7.97. The molecule has 0 bridgehead atoms. The summed E-state index contributed by atoms with van der Waals surface area (Å²) < 4.78 is 27.7. The van der Waals surface area contributed by atoms with E-state index in [0.717, 1.165) is 21.1 Å². The Labute approximate surface area is 273 Å². The second kappa shape index (κ2) is 11.1. The maximum absolute atomic E-state index is 14.1. The molecule has 48 heavy (non-hydrogen) atoms. The zero-order chi connectivity index (χ0) is 35.0. The second-order valence-electron chi connectivity index (χ2n) is 12.2. The van der Waals surface area contributed by atoms with Gasteiger partial charge in [-0.2, -0.15) is 0 Å². The van der Waals surface area contributed by atoms with Gasteiger partial charge < -0.3 is 44.1 Å². The Balaban J connectivity index is 1.62. The molecule has 4 N–H and O–H groups in total. The van der Waals surface area contributed by atoms with E-state index in [1.807, 2.05) is 0 Å². The standard InChI is InChI=1S/C34H32O14/c1-13-11-18(36)23-27(39)17-7-6-8-21(46-15(3)35)33(17,31(42)44-4)48-29(23)22(13)16-9-10-20-24(26(16)38)28(40)25-19(37)12-14(2)30(41)34(25,47-20)32(43)45-5/h7,9-11,14,21,30,36,38,40-41H,6,8,12H2,1-5H3. The average molecular weight is 665 g/mol. The summed E-state index contributed by atoms with van der Waals surface area (Å²) in [5, 5.41) is 45.5. The summed E-state index contributed by atoms with van der Waals surface area (Å²) in [5.41, 5.74) is -6.20. The van der Waals surface area contributed by atoms with Gasteiger partial charge in [0.25, 0.3) is 11.2 Å². The molecular formula is C34H32O14. The van der Waals surface area contributed by atoms with Gasteiger partial charge in [-0.25, -0.2) is 9.59 Å². The molecule has 2 aromatic rings. The number of aromatic hydroxyl groups is 2. The van der Waals surface area contributed by atoms with Crippen molar-refractivity contribution in [3.8, 4) is 34.1 Å². The molecular weight excluding hydrogens is 632 g/mol. The molecule has 5 unspecified atom stereocenters. The largest absolute Gasteiger partial charge is 0.507 e. The minimum absolute atomic E-state index is 0.0165. The number of benzene rings is 2. The summed E-state index contributed by atoms with van der Waals surface area (Å²) in [4.78, 5) is 66.2. The quantitative estimate of drug-likeness (QED) is 0.273. The van der Waals surface area contributed by atoms with Gasteiger partial charge >= 0.3 is 17.9 Å². The van der Waals surface area contributed by atoms with E-state index in [4.69, 9.17) is 23.7 Å². The number of aryl methyl sites for hydroxylation is 1. The van der Waals surface area contributed by atoms with Crippen LogP contribution in [-0.2, 0) is 33.4 Å². The molecule has 4 aliphatic rings. The number of ketones is 2. The summed E-state index contributed by atoms with van der Waals surface area (Å²) in [7, 11) is 2.09. The number of hydrogen-bond acceptors (Lipinski definition) is 14. The fourth-order valence-electron chi connectivity index (χ4n) is 7.27. The number of aliphatic hydroxyl groups is 2.